The highest BCUT2D eigenvalue weighted by Crippen LogP contribution is 2.24. The summed E-state index contributed by atoms with van der Waals surface area (Å²) in [5, 5.41) is 4.22. The summed E-state index contributed by atoms with van der Waals surface area (Å²) in [5.41, 5.74) is 8.85. The summed E-state index contributed by atoms with van der Waals surface area (Å²) in [7, 11) is 0. The van der Waals surface area contributed by atoms with Crippen LogP contribution in [0.15, 0.2) is 42.5 Å². The second-order valence-electron chi connectivity index (χ2n) is 5.26. The maximum absolute atomic E-state index is 13.2. The van der Waals surface area contributed by atoms with Gasteiger partial charge in [-0.15, -0.1) is 5.10 Å². The fourth-order valence-corrected chi connectivity index (χ4v) is 2.34. The summed E-state index contributed by atoms with van der Waals surface area (Å²) in [6.45, 7) is 3.95. The van der Waals surface area contributed by atoms with Crippen molar-refractivity contribution in [3.63, 3.8) is 0 Å². The van der Waals surface area contributed by atoms with Crippen molar-refractivity contribution in [1.29, 1.82) is 0 Å². The molecule has 0 aliphatic heterocycles. The first-order chi connectivity index (χ1) is 11.0. The third kappa shape index (κ3) is 2.70. The number of hydrogen-bond acceptors (Lipinski definition) is 3. The molecule has 1 heterocycles. The van der Waals surface area contributed by atoms with E-state index in [4.69, 9.17) is 5.73 Å². The molecule has 6 heteroatoms. The van der Waals surface area contributed by atoms with Crippen molar-refractivity contribution in [1.82, 2.24) is 14.8 Å². The lowest BCUT2D eigenvalue weighted by atomic mass is 10.1. The molecule has 0 atom stereocenters. The molecule has 2 N–H and O–H groups in total. The first-order valence-electron chi connectivity index (χ1n) is 7.07. The van der Waals surface area contributed by atoms with Crippen molar-refractivity contribution in [3.05, 3.63) is 65.2 Å². The van der Waals surface area contributed by atoms with Gasteiger partial charge in [-0.3, -0.25) is 4.79 Å². The number of nitrogens with two attached hydrogens (primary N) is 1. The number of halogens is 1. The molecule has 116 valence electrons. The molecule has 0 spiro atoms. The monoisotopic (exact) mass is 310 g/mol. The van der Waals surface area contributed by atoms with Crippen molar-refractivity contribution in [2.45, 2.75) is 13.8 Å². The van der Waals surface area contributed by atoms with Crippen LogP contribution in [-0.2, 0) is 0 Å². The zero-order valence-electron chi connectivity index (χ0n) is 12.7. The molecule has 1 aromatic heterocycles. The van der Waals surface area contributed by atoms with Gasteiger partial charge in [-0.25, -0.2) is 14.1 Å². The van der Waals surface area contributed by atoms with Gasteiger partial charge in [-0.1, -0.05) is 12.1 Å². The van der Waals surface area contributed by atoms with Gasteiger partial charge < -0.3 is 5.73 Å². The third-order valence-corrected chi connectivity index (χ3v) is 3.73. The molecular formula is C17H15FN4O. The largest absolute Gasteiger partial charge is 0.363 e. The summed E-state index contributed by atoms with van der Waals surface area (Å²) in [4.78, 5) is 15.7. The Labute approximate surface area is 132 Å². The maximum Gasteiger partial charge on any atom is 0.288 e. The van der Waals surface area contributed by atoms with Crippen molar-refractivity contribution in [2.24, 2.45) is 5.73 Å². The number of benzene rings is 2. The molecule has 0 aliphatic carbocycles. The van der Waals surface area contributed by atoms with Gasteiger partial charge in [0.2, 0.25) is 5.82 Å². The van der Waals surface area contributed by atoms with E-state index in [1.54, 1.807) is 16.8 Å². The number of primary amides is 1. The van der Waals surface area contributed by atoms with Crippen LogP contribution in [-0.4, -0.2) is 20.7 Å². The van der Waals surface area contributed by atoms with Crippen molar-refractivity contribution >= 4 is 5.91 Å². The molecule has 0 radical (unpaired) electrons. The fraction of sp³-hybridized carbons (Fsp3) is 0.118. The van der Waals surface area contributed by atoms with E-state index in [-0.39, 0.29) is 11.6 Å². The van der Waals surface area contributed by atoms with Crippen LogP contribution in [0.3, 0.4) is 0 Å². The van der Waals surface area contributed by atoms with E-state index < -0.39 is 5.91 Å². The van der Waals surface area contributed by atoms with Crippen LogP contribution in [0.4, 0.5) is 4.39 Å². The average molecular weight is 310 g/mol. The molecule has 5 nitrogen and oxygen atoms in total. The summed E-state index contributed by atoms with van der Waals surface area (Å²) in [6.07, 6.45) is 0. The van der Waals surface area contributed by atoms with E-state index in [0.29, 0.717) is 11.4 Å². The van der Waals surface area contributed by atoms with E-state index in [1.807, 2.05) is 32.0 Å². The Morgan fingerprint density at radius 3 is 2.48 bits per heavy atom. The van der Waals surface area contributed by atoms with Crippen molar-refractivity contribution in [3.8, 4) is 17.1 Å². The quantitative estimate of drug-likeness (QED) is 0.808. The second kappa shape index (κ2) is 5.64. The van der Waals surface area contributed by atoms with Crippen LogP contribution in [0.2, 0.25) is 0 Å². The lowest BCUT2D eigenvalue weighted by Crippen LogP contribution is -2.13. The van der Waals surface area contributed by atoms with E-state index in [0.717, 1.165) is 16.8 Å². The van der Waals surface area contributed by atoms with Crippen LogP contribution in [0, 0.1) is 19.7 Å². The standard InChI is InChI=1S/C17H15FN4O/c1-10-4-3-5-14(11(10)2)22-17(20-16(21-22)15(19)23)12-6-8-13(18)9-7-12/h3-9H,1-2H3,(H2,19,23). The Balaban J connectivity index is 2.25. The molecular weight excluding hydrogens is 295 g/mol. The topological polar surface area (TPSA) is 73.8 Å². The van der Waals surface area contributed by atoms with Gasteiger partial charge in [-0.05, 0) is 55.3 Å². The molecule has 0 unspecified atom stereocenters. The third-order valence-electron chi connectivity index (χ3n) is 3.73. The molecule has 0 aliphatic rings. The van der Waals surface area contributed by atoms with Crippen LogP contribution in [0.25, 0.3) is 17.1 Å². The molecule has 0 saturated carbocycles. The van der Waals surface area contributed by atoms with Crippen LogP contribution < -0.4 is 5.73 Å². The second-order valence-corrected chi connectivity index (χ2v) is 5.26. The van der Waals surface area contributed by atoms with Crippen LogP contribution >= 0.6 is 0 Å². The molecule has 1 amide bonds. The van der Waals surface area contributed by atoms with E-state index >= 15 is 0 Å². The normalized spacial score (nSPS) is 10.7. The number of amides is 1. The number of carbonyl (C=O) groups is 1. The number of aromatic nitrogens is 3. The SMILES string of the molecule is Cc1cccc(-n2nc(C(N)=O)nc2-c2ccc(F)cc2)c1C. The Hall–Kier alpha value is -3.02. The first-order valence-corrected chi connectivity index (χ1v) is 7.07. The van der Waals surface area contributed by atoms with Gasteiger partial charge >= 0.3 is 0 Å². The molecule has 3 aromatic rings. The molecule has 2 aromatic carbocycles. The molecule has 0 bridgehead atoms. The van der Waals surface area contributed by atoms with Gasteiger partial charge in [-0.2, -0.15) is 0 Å². The lowest BCUT2D eigenvalue weighted by molar-refractivity contribution is 0.0990. The Kier molecular flexibility index (Phi) is 3.65. The van der Waals surface area contributed by atoms with Crippen molar-refractivity contribution < 1.29 is 9.18 Å². The predicted molar refractivity (Wildman–Crippen MR) is 84.7 cm³/mol. The first kappa shape index (κ1) is 14.9. The minimum absolute atomic E-state index is 0.0785. The van der Waals surface area contributed by atoms with E-state index in [1.165, 1.54) is 12.1 Å². The summed E-state index contributed by atoms with van der Waals surface area (Å²) in [6, 6.07) is 11.6. The number of nitrogens with zero attached hydrogens (tertiary/aromatic N) is 3. The Morgan fingerprint density at radius 2 is 1.83 bits per heavy atom. The molecule has 0 fully saturated rings. The maximum atomic E-state index is 13.2. The minimum atomic E-state index is -0.711. The highest BCUT2D eigenvalue weighted by molar-refractivity contribution is 5.89. The minimum Gasteiger partial charge on any atom is -0.363 e. The van der Waals surface area contributed by atoms with Gasteiger partial charge in [0, 0.05) is 5.56 Å². The number of carbonyl (C=O) groups excluding carboxylic acids is 1. The summed E-state index contributed by atoms with van der Waals surface area (Å²) < 4.78 is 14.7. The number of aryl methyl sites for hydroxylation is 1. The molecule has 3 rings (SSSR count). The zero-order chi connectivity index (χ0) is 16.6. The highest BCUT2D eigenvalue weighted by atomic mass is 19.1. The Bertz CT molecular complexity index is 884. The van der Waals surface area contributed by atoms with Crippen LogP contribution in [0.1, 0.15) is 21.7 Å². The smallest absolute Gasteiger partial charge is 0.288 e. The van der Waals surface area contributed by atoms with E-state index in [2.05, 4.69) is 10.1 Å². The molecule has 23 heavy (non-hydrogen) atoms. The fourth-order valence-electron chi connectivity index (χ4n) is 2.34. The van der Waals surface area contributed by atoms with Gasteiger partial charge in [0.05, 0.1) is 5.69 Å². The lowest BCUT2D eigenvalue weighted by Gasteiger charge is -2.11. The van der Waals surface area contributed by atoms with Gasteiger partial charge in [0.15, 0.2) is 5.82 Å². The van der Waals surface area contributed by atoms with E-state index in [9.17, 15) is 9.18 Å². The van der Waals surface area contributed by atoms with Gasteiger partial charge in [0.25, 0.3) is 5.91 Å². The summed E-state index contributed by atoms with van der Waals surface area (Å²) >= 11 is 0. The Morgan fingerprint density at radius 1 is 1.13 bits per heavy atom. The predicted octanol–water partition coefficient (Wildman–Crippen LogP) is 2.79. The zero-order valence-corrected chi connectivity index (χ0v) is 12.7. The highest BCUT2D eigenvalue weighted by Gasteiger charge is 2.18. The summed E-state index contributed by atoms with van der Waals surface area (Å²) in [5.74, 6) is -0.697. The van der Waals surface area contributed by atoms with Crippen molar-refractivity contribution in [2.75, 3.05) is 0 Å². The number of rotatable bonds is 3. The van der Waals surface area contributed by atoms with Crippen LogP contribution in [0.5, 0.6) is 0 Å². The van der Waals surface area contributed by atoms with Gasteiger partial charge in [0.1, 0.15) is 5.82 Å². The average Bonchev–Trinajstić information content (AvgIpc) is 2.96. The number of hydrogen-bond donors (Lipinski definition) is 1. The molecule has 0 saturated heterocycles.